The van der Waals surface area contributed by atoms with E-state index < -0.39 is 11.8 Å². The first-order chi connectivity index (χ1) is 13.0. The van der Waals surface area contributed by atoms with Crippen molar-refractivity contribution >= 4 is 21.9 Å². The molecule has 5 heteroatoms. The van der Waals surface area contributed by atoms with Crippen molar-refractivity contribution in [2.75, 3.05) is 12.4 Å². The number of esters is 1. The van der Waals surface area contributed by atoms with Crippen LogP contribution in [-0.4, -0.2) is 34.4 Å². The van der Waals surface area contributed by atoms with Crippen LogP contribution < -0.4 is 0 Å². The monoisotopic (exact) mass is 446 g/mol. The number of alkyl halides is 1. The van der Waals surface area contributed by atoms with Crippen LogP contribution in [0, 0.1) is 17.8 Å². The van der Waals surface area contributed by atoms with Crippen LogP contribution in [0.4, 0.5) is 0 Å². The molecule has 4 nitrogen and oxygen atoms in total. The third-order valence-corrected chi connectivity index (χ3v) is 6.72. The summed E-state index contributed by atoms with van der Waals surface area (Å²) in [5, 5.41) is 20.4. The van der Waals surface area contributed by atoms with E-state index in [1.165, 1.54) is 58.5 Å². The predicted octanol–water partition coefficient (Wildman–Crippen LogP) is 5.35. The summed E-state index contributed by atoms with van der Waals surface area (Å²) in [5.41, 5.74) is 0. The fourth-order valence-electron chi connectivity index (χ4n) is 4.19. The zero-order valence-electron chi connectivity index (χ0n) is 17.2. The average molecular weight is 447 g/mol. The smallest absolute Gasteiger partial charge is 0.366 e. The molecular weight excluding hydrogens is 408 g/mol. The van der Waals surface area contributed by atoms with Gasteiger partial charge in [0.1, 0.15) is 0 Å². The van der Waals surface area contributed by atoms with Gasteiger partial charge in [-0.15, -0.1) is 0 Å². The molecule has 0 saturated heterocycles. The normalized spacial score (nSPS) is 23.2. The molecule has 1 rings (SSSR count). The summed E-state index contributed by atoms with van der Waals surface area (Å²) in [6.07, 6.45) is 17.7. The highest BCUT2D eigenvalue weighted by atomic mass is 79.9. The lowest BCUT2D eigenvalue weighted by molar-refractivity contribution is -0.209. The fraction of sp³-hybridized carbons (Fsp3) is 0.864. The maximum Gasteiger partial charge on any atom is 0.366 e. The van der Waals surface area contributed by atoms with Crippen LogP contribution in [0.15, 0.2) is 12.2 Å². The van der Waals surface area contributed by atoms with Gasteiger partial charge in [0, 0.05) is 11.8 Å². The predicted molar refractivity (Wildman–Crippen MR) is 114 cm³/mol. The highest BCUT2D eigenvalue weighted by Gasteiger charge is 2.34. The quantitative estimate of drug-likeness (QED) is 0.124. The van der Waals surface area contributed by atoms with Crippen LogP contribution in [0.1, 0.15) is 84.0 Å². The molecule has 0 bridgehead atoms. The zero-order chi connectivity index (χ0) is 20.1. The molecule has 0 heterocycles. The van der Waals surface area contributed by atoms with E-state index in [0.717, 1.165) is 30.0 Å². The van der Waals surface area contributed by atoms with Crippen LogP contribution in [0.3, 0.4) is 0 Å². The summed E-state index contributed by atoms with van der Waals surface area (Å²) in [6.45, 7) is 2.25. The Labute approximate surface area is 173 Å². The van der Waals surface area contributed by atoms with E-state index in [1.54, 1.807) is 0 Å². The van der Waals surface area contributed by atoms with Gasteiger partial charge in [-0.1, -0.05) is 67.1 Å². The summed E-state index contributed by atoms with van der Waals surface area (Å²) in [4.78, 5) is 11.3. The number of carbonyl (C=O) groups excluding carboxylic acids is 1. The second kappa shape index (κ2) is 13.7. The number of halogens is 1. The number of aliphatic hydroxyl groups is 2. The SMILES string of the molecule is CCCCCCC=C[C@@H]1[C@H](CCCCCC(O)(O)C(=O)OC)CC[C@H]1CBr. The van der Waals surface area contributed by atoms with Gasteiger partial charge in [-0.3, -0.25) is 0 Å². The summed E-state index contributed by atoms with van der Waals surface area (Å²) < 4.78 is 4.41. The zero-order valence-corrected chi connectivity index (χ0v) is 18.8. The first-order valence-corrected chi connectivity index (χ1v) is 11.8. The van der Waals surface area contributed by atoms with Crippen LogP contribution in [0.25, 0.3) is 0 Å². The Balaban J connectivity index is 2.33. The Morgan fingerprint density at radius 1 is 1.11 bits per heavy atom. The molecule has 0 spiro atoms. The topological polar surface area (TPSA) is 66.8 Å². The van der Waals surface area contributed by atoms with Crippen LogP contribution in [-0.2, 0) is 9.53 Å². The van der Waals surface area contributed by atoms with Crippen molar-refractivity contribution < 1.29 is 19.7 Å². The van der Waals surface area contributed by atoms with Gasteiger partial charge in [0.15, 0.2) is 0 Å². The van der Waals surface area contributed by atoms with Gasteiger partial charge >= 0.3 is 5.97 Å². The van der Waals surface area contributed by atoms with E-state index in [2.05, 4.69) is 39.7 Å². The van der Waals surface area contributed by atoms with Gasteiger partial charge in [-0.25, -0.2) is 4.79 Å². The number of ether oxygens (including phenoxy) is 1. The molecule has 27 heavy (non-hydrogen) atoms. The van der Waals surface area contributed by atoms with Gasteiger partial charge in [-0.05, 0) is 56.3 Å². The number of allylic oxidation sites excluding steroid dienone is 2. The second-order valence-electron chi connectivity index (χ2n) is 8.01. The van der Waals surface area contributed by atoms with Gasteiger partial charge in [0.05, 0.1) is 7.11 Å². The third kappa shape index (κ3) is 9.10. The Morgan fingerprint density at radius 3 is 2.48 bits per heavy atom. The van der Waals surface area contributed by atoms with E-state index in [0.29, 0.717) is 12.3 Å². The number of unbranched alkanes of at least 4 members (excludes halogenated alkanes) is 6. The highest BCUT2D eigenvalue weighted by molar-refractivity contribution is 9.09. The molecule has 0 aromatic carbocycles. The lowest BCUT2D eigenvalue weighted by atomic mass is 9.86. The van der Waals surface area contributed by atoms with E-state index in [-0.39, 0.29) is 6.42 Å². The van der Waals surface area contributed by atoms with Crippen molar-refractivity contribution in [1.29, 1.82) is 0 Å². The van der Waals surface area contributed by atoms with Crippen molar-refractivity contribution in [3.05, 3.63) is 12.2 Å². The maximum absolute atomic E-state index is 11.3. The molecular formula is C22H39BrO4. The Bertz CT molecular complexity index is 436. The standard InChI is InChI=1S/C22H39BrO4/c1-3-4-5-6-7-10-13-20-18(14-15-19(20)17-23)12-9-8-11-16-22(25,26)21(24)27-2/h10,13,18-20,25-26H,3-9,11-12,14-17H2,1-2H3/t18-,19+,20-/m1/s1. The molecule has 1 saturated carbocycles. The number of hydrogen-bond acceptors (Lipinski definition) is 4. The van der Waals surface area contributed by atoms with Gasteiger partial charge in [0.2, 0.25) is 0 Å². The van der Waals surface area contributed by atoms with Gasteiger partial charge in [0.25, 0.3) is 5.79 Å². The minimum Gasteiger partial charge on any atom is -0.465 e. The first kappa shape index (κ1) is 24.6. The van der Waals surface area contributed by atoms with Crippen molar-refractivity contribution in [2.45, 2.75) is 89.8 Å². The molecule has 0 aromatic heterocycles. The molecule has 1 aliphatic rings. The molecule has 0 unspecified atom stereocenters. The number of carbonyl (C=O) groups is 1. The second-order valence-corrected chi connectivity index (χ2v) is 8.66. The summed E-state index contributed by atoms with van der Waals surface area (Å²) >= 11 is 3.69. The van der Waals surface area contributed by atoms with Crippen molar-refractivity contribution in [1.82, 2.24) is 0 Å². The maximum atomic E-state index is 11.3. The number of hydrogen-bond donors (Lipinski definition) is 2. The molecule has 2 N–H and O–H groups in total. The lowest BCUT2D eigenvalue weighted by Crippen LogP contribution is -2.39. The van der Waals surface area contributed by atoms with Crippen LogP contribution in [0.2, 0.25) is 0 Å². The molecule has 3 atom stereocenters. The van der Waals surface area contributed by atoms with E-state index in [1.807, 2.05) is 0 Å². The molecule has 0 aromatic rings. The van der Waals surface area contributed by atoms with E-state index in [9.17, 15) is 15.0 Å². The van der Waals surface area contributed by atoms with Crippen LogP contribution >= 0.6 is 15.9 Å². The van der Waals surface area contributed by atoms with E-state index >= 15 is 0 Å². The minimum absolute atomic E-state index is 0.0372. The largest absolute Gasteiger partial charge is 0.465 e. The summed E-state index contributed by atoms with van der Waals surface area (Å²) in [7, 11) is 1.17. The van der Waals surface area contributed by atoms with E-state index in [4.69, 9.17) is 0 Å². The Kier molecular flexibility index (Phi) is 12.5. The fourth-order valence-corrected chi connectivity index (χ4v) is 4.95. The van der Waals surface area contributed by atoms with Gasteiger partial charge < -0.3 is 14.9 Å². The Morgan fingerprint density at radius 2 is 1.81 bits per heavy atom. The molecule has 1 fully saturated rings. The van der Waals surface area contributed by atoms with Crippen molar-refractivity contribution in [3.63, 3.8) is 0 Å². The average Bonchev–Trinajstić information content (AvgIpc) is 3.05. The molecule has 0 aliphatic heterocycles. The third-order valence-electron chi connectivity index (χ3n) is 5.89. The molecule has 0 amide bonds. The lowest BCUT2D eigenvalue weighted by Gasteiger charge is -2.21. The molecule has 158 valence electrons. The minimum atomic E-state index is -2.34. The Hall–Kier alpha value is -0.390. The first-order valence-electron chi connectivity index (χ1n) is 10.7. The highest BCUT2D eigenvalue weighted by Crippen LogP contribution is 2.42. The van der Waals surface area contributed by atoms with Crippen molar-refractivity contribution in [2.24, 2.45) is 17.8 Å². The molecule has 0 radical (unpaired) electrons. The number of rotatable bonds is 14. The molecule has 1 aliphatic carbocycles. The van der Waals surface area contributed by atoms with Gasteiger partial charge in [-0.2, -0.15) is 0 Å². The summed E-state index contributed by atoms with van der Waals surface area (Å²) in [5.74, 6) is -1.17. The number of methoxy groups -OCH3 is 1. The van der Waals surface area contributed by atoms with Crippen molar-refractivity contribution in [3.8, 4) is 0 Å². The summed E-state index contributed by atoms with van der Waals surface area (Å²) in [6, 6.07) is 0. The van der Waals surface area contributed by atoms with Crippen LogP contribution in [0.5, 0.6) is 0 Å².